The Morgan fingerprint density at radius 2 is 1.97 bits per heavy atom. The van der Waals surface area contributed by atoms with E-state index in [1.54, 1.807) is 13.0 Å². The van der Waals surface area contributed by atoms with E-state index in [2.05, 4.69) is 10.2 Å². The summed E-state index contributed by atoms with van der Waals surface area (Å²) in [7, 11) is 1.36. The van der Waals surface area contributed by atoms with Gasteiger partial charge in [-0.15, -0.1) is 24.0 Å². The van der Waals surface area contributed by atoms with Gasteiger partial charge in [-0.05, 0) is 32.0 Å². The van der Waals surface area contributed by atoms with Gasteiger partial charge in [0, 0.05) is 32.5 Å². The normalized spacial score (nSPS) is 14.8. The number of guanidine groups is 1. The summed E-state index contributed by atoms with van der Waals surface area (Å²) in [6, 6.07) is 11.7. The van der Waals surface area contributed by atoms with Crippen LogP contribution in [0.3, 0.4) is 0 Å². The molecule has 0 unspecified atom stereocenters. The molecule has 0 bridgehead atoms. The van der Waals surface area contributed by atoms with Crippen molar-refractivity contribution in [1.29, 1.82) is 0 Å². The number of carbonyl (C=O) groups excluding carboxylic acids is 1. The second-order valence-corrected chi connectivity index (χ2v) is 6.96. The summed E-state index contributed by atoms with van der Waals surface area (Å²) < 4.78 is 16.5. The van der Waals surface area contributed by atoms with Crippen molar-refractivity contribution in [1.82, 2.24) is 10.2 Å². The number of para-hydroxylation sites is 1. The van der Waals surface area contributed by atoms with E-state index in [9.17, 15) is 4.79 Å². The Hall–Kier alpha value is -2.23. The van der Waals surface area contributed by atoms with Gasteiger partial charge in [0.25, 0.3) is 0 Å². The molecular weight excluding hydrogens is 497 g/mol. The zero-order chi connectivity index (χ0) is 20.6. The number of carbonyl (C=O) groups is 1. The Morgan fingerprint density at radius 1 is 1.27 bits per heavy atom. The van der Waals surface area contributed by atoms with Crippen LogP contribution in [0.4, 0.5) is 0 Å². The van der Waals surface area contributed by atoms with Crippen molar-refractivity contribution in [2.75, 3.05) is 26.7 Å². The van der Waals surface area contributed by atoms with Crippen LogP contribution in [0.1, 0.15) is 41.6 Å². The number of nitrogens with zero attached hydrogens (tertiary/aromatic N) is 2. The van der Waals surface area contributed by atoms with Crippen molar-refractivity contribution < 1.29 is 18.7 Å². The third-order valence-electron chi connectivity index (χ3n) is 4.88. The Bertz CT molecular complexity index is 830. The average Bonchev–Trinajstić information content (AvgIpc) is 3.12. The van der Waals surface area contributed by atoms with E-state index in [-0.39, 0.29) is 30.1 Å². The molecule has 0 atom stereocenters. The number of rotatable bonds is 6. The summed E-state index contributed by atoms with van der Waals surface area (Å²) in [5.74, 6) is 2.56. The molecule has 0 amide bonds. The number of methoxy groups -OCH3 is 1. The summed E-state index contributed by atoms with van der Waals surface area (Å²) in [6.45, 7) is 6.68. The number of piperidine rings is 1. The number of esters is 1. The quantitative estimate of drug-likeness (QED) is 0.265. The molecule has 0 saturated carbocycles. The third kappa shape index (κ3) is 6.38. The van der Waals surface area contributed by atoms with Crippen LogP contribution in [-0.2, 0) is 11.3 Å². The lowest BCUT2D eigenvalue weighted by atomic mass is 10.1. The summed E-state index contributed by atoms with van der Waals surface area (Å²) >= 11 is 0. The van der Waals surface area contributed by atoms with E-state index < -0.39 is 5.97 Å². The van der Waals surface area contributed by atoms with E-state index in [1.807, 2.05) is 37.3 Å². The molecule has 1 aromatic carbocycles. The third-order valence-corrected chi connectivity index (χ3v) is 4.88. The molecule has 1 N–H and O–H groups in total. The van der Waals surface area contributed by atoms with Crippen LogP contribution in [0.15, 0.2) is 45.8 Å². The minimum atomic E-state index is -0.395. The zero-order valence-corrected chi connectivity index (χ0v) is 20.1. The number of halogens is 1. The van der Waals surface area contributed by atoms with Crippen LogP contribution in [-0.4, -0.2) is 49.7 Å². The number of nitrogens with one attached hydrogen (secondary N) is 1. The first-order valence-corrected chi connectivity index (χ1v) is 10.0. The average molecular weight is 527 g/mol. The van der Waals surface area contributed by atoms with Crippen LogP contribution in [0.2, 0.25) is 0 Å². The van der Waals surface area contributed by atoms with Crippen molar-refractivity contribution in [3.8, 4) is 5.75 Å². The van der Waals surface area contributed by atoms with Gasteiger partial charge in [0.2, 0.25) is 0 Å². The summed E-state index contributed by atoms with van der Waals surface area (Å²) in [5.41, 5.74) is 0.446. The maximum atomic E-state index is 11.7. The molecule has 164 valence electrons. The molecule has 1 aliphatic heterocycles. The first-order chi connectivity index (χ1) is 14.1. The van der Waals surface area contributed by atoms with E-state index in [0.29, 0.717) is 23.6 Å². The number of aryl methyl sites for hydroxylation is 1. The van der Waals surface area contributed by atoms with Crippen molar-refractivity contribution in [2.24, 2.45) is 4.99 Å². The summed E-state index contributed by atoms with van der Waals surface area (Å²) in [6.07, 6.45) is 2.09. The van der Waals surface area contributed by atoms with Crippen molar-refractivity contribution in [3.63, 3.8) is 0 Å². The van der Waals surface area contributed by atoms with Crippen LogP contribution in [0, 0.1) is 6.92 Å². The zero-order valence-electron chi connectivity index (χ0n) is 17.7. The summed E-state index contributed by atoms with van der Waals surface area (Å²) in [4.78, 5) is 18.7. The van der Waals surface area contributed by atoms with Crippen molar-refractivity contribution in [3.05, 3.63) is 53.5 Å². The molecule has 30 heavy (non-hydrogen) atoms. The largest absolute Gasteiger partial charge is 0.490 e. The lowest BCUT2D eigenvalue weighted by Crippen LogP contribution is -2.47. The van der Waals surface area contributed by atoms with Gasteiger partial charge < -0.3 is 24.1 Å². The van der Waals surface area contributed by atoms with Gasteiger partial charge in [-0.1, -0.05) is 18.2 Å². The predicted octanol–water partition coefficient (Wildman–Crippen LogP) is 4.00. The van der Waals surface area contributed by atoms with E-state index in [0.717, 1.165) is 44.2 Å². The van der Waals surface area contributed by atoms with Gasteiger partial charge in [-0.3, -0.25) is 0 Å². The number of hydrogen-bond donors (Lipinski definition) is 1. The standard InChI is InChI=1S/C22H29N3O4.HI/c1-4-23-22(24-15-19-14-20(16(2)28-19)21(26)27-3)25-12-10-18(11-13-25)29-17-8-6-5-7-9-17;/h5-9,14,18H,4,10-13,15H2,1-3H3,(H,23,24);1H. The first-order valence-electron chi connectivity index (χ1n) is 10.0. The lowest BCUT2D eigenvalue weighted by molar-refractivity contribution is 0.0598. The number of hydrogen-bond acceptors (Lipinski definition) is 5. The fraction of sp³-hybridized carbons (Fsp3) is 0.455. The lowest BCUT2D eigenvalue weighted by Gasteiger charge is -2.34. The van der Waals surface area contributed by atoms with Gasteiger partial charge in [0.1, 0.15) is 35.5 Å². The van der Waals surface area contributed by atoms with Gasteiger partial charge in [-0.2, -0.15) is 0 Å². The highest BCUT2D eigenvalue weighted by Crippen LogP contribution is 2.20. The summed E-state index contributed by atoms with van der Waals surface area (Å²) in [5, 5.41) is 3.34. The van der Waals surface area contributed by atoms with Gasteiger partial charge >= 0.3 is 5.97 Å². The van der Waals surface area contributed by atoms with E-state index in [4.69, 9.17) is 18.9 Å². The Balaban J connectivity index is 0.00000320. The fourth-order valence-electron chi connectivity index (χ4n) is 3.39. The first kappa shape index (κ1) is 24.0. The van der Waals surface area contributed by atoms with Crippen LogP contribution in [0.5, 0.6) is 5.75 Å². The molecule has 2 aromatic rings. The molecule has 3 rings (SSSR count). The highest BCUT2D eigenvalue weighted by atomic mass is 127. The van der Waals surface area contributed by atoms with E-state index in [1.165, 1.54) is 7.11 Å². The molecule has 0 radical (unpaired) electrons. The van der Waals surface area contributed by atoms with Gasteiger partial charge in [0.15, 0.2) is 5.96 Å². The van der Waals surface area contributed by atoms with Crippen molar-refractivity contribution >= 4 is 35.9 Å². The Labute approximate surface area is 194 Å². The number of furan rings is 1. The van der Waals surface area contributed by atoms with Crippen LogP contribution in [0.25, 0.3) is 0 Å². The monoisotopic (exact) mass is 527 g/mol. The topological polar surface area (TPSA) is 76.3 Å². The Morgan fingerprint density at radius 3 is 2.60 bits per heavy atom. The highest BCUT2D eigenvalue weighted by Gasteiger charge is 2.23. The molecule has 0 aliphatic carbocycles. The van der Waals surface area contributed by atoms with Gasteiger partial charge in [-0.25, -0.2) is 9.79 Å². The number of likely N-dealkylation sites (tertiary alicyclic amines) is 1. The maximum Gasteiger partial charge on any atom is 0.341 e. The van der Waals surface area contributed by atoms with E-state index >= 15 is 0 Å². The predicted molar refractivity (Wildman–Crippen MR) is 127 cm³/mol. The Kier molecular flexibility index (Phi) is 9.48. The molecule has 1 saturated heterocycles. The minimum Gasteiger partial charge on any atom is -0.490 e. The number of aliphatic imine (C=N–C) groups is 1. The van der Waals surface area contributed by atoms with Crippen LogP contribution < -0.4 is 10.1 Å². The molecule has 0 spiro atoms. The second kappa shape index (κ2) is 11.8. The molecule has 1 fully saturated rings. The molecule has 8 heteroatoms. The second-order valence-electron chi connectivity index (χ2n) is 6.96. The fourth-order valence-corrected chi connectivity index (χ4v) is 3.39. The SMILES string of the molecule is CCNC(=NCc1cc(C(=O)OC)c(C)o1)N1CCC(Oc2ccccc2)CC1.I. The van der Waals surface area contributed by atoms with Crippen LogP contribution >= 0.6 is 24.0 Å². The number of benzene rings is 1. The maximum absolute atomic E-state index is 11.7. The smallest absolute Gasteiger partial charge is 0.341 e. The molecular formula is C22H30IN3O4. The number of ether oxygens (including phenoxy) is 2. The van der Waals surface area contributed by atoms with Crippen molar-refractivity contribution in [2.45, 2.75) is 39.3 Å². The highest BCUT2D eigenvalue weighted by molar-refractivity contribution is 14.0. The molecule has 2 heterocycles. The molecule has 1 aliphatic rings. The molecule has 1 aromatic heterocycles. The minimum absolute atomic E-state index is 0. The molecule has 7 nitrogen and oxygen atoms in total. The van der Waals surface area contributed by atoms with Gasteiger partial charge in [0.05, 0.1) is 7.11 Å².